The summed E-state index contributed by atoms with van der Waals surface area (Å²) in [5, 5.41) is 19.8. The summed E-state index contributed by atoms with van der Waals surface area (Å²) in [6.45, 7) is 3.95. The van der Waals surface area contributed by atoms with Crippen LogP contribution in [0.25, 0.3) is 0 Å². The van der Waals surface area contributed by atoms with E-state index < -0.39 is 11.7 Å². The SMILES string of the molecule is COc1cc(CN(CC2CCC(C(=O)O)CC2)C(C)c2ccc(Cl)cc2)ccc1OCCn1c(O)coc1=O. The number of methoxy groups -OCH3 is 1. The van der Waals surface area contributed by atoms with Crippen LogP contribution in [-0.4, -0.2) is 45.9 Å². The van der Waals surface area contributed by atoms with Gasteiger partial charge in [-0.2, -0.15) is 0 Å². The number of halogens is 1. The molecule has 1 atom stereocenters. The van der Waals surface area contributed by atoms with Crippen LogP contribution in [0.4, 0.5) is 0 Å². The predicted octanol–water partition coefficient (Wildman–Crippen LogP) is 5.34. The van der Waals surface area contributed by atoms with Gasteiger partial charge in [-0.1, -0.05) is 29.8 Å². The zero-order valence-corrected chi connectivity index (χ0v) is 23.0. The number of nitrogens with zero attached hydrogens (tertiary/aromatic N) is 2. The molecule has 39 heavy (non-hydrogen) atoms. The van der Waals surface area contributed by atoms with Gasteiger partial charge < -0.3 is 24.1 Å². The van der Waals surface area contributed by atoms with E-state index in [1.54, 1.807) is 7.11 Å². The summed E-state index contributed by atoms with van der Waals surface area (Å²) in [5.74, 6) is -0.317. The minimum atomic E-state index is -0.692. The molecule has 0 spiro atoms. The largest absolute Gasteiger partial charge is 0.493 e. The first-order valence-electron chi connectivity index (χ1n) is 13.1. The summed E-state index contributed by atoms with van der Waals surface area (Å²) < 4.78 is 17.2. The van der Waals surface area contributed by atoms with Gasteiger partial charge in [-0.3, -0.25) is 9.69 Å². The van der Waals surface area contributed by atoms with Crippen LogP contribution in [0.15, 0.2) is 57.9 Å². The van der Waals surface area contributed by atoms with Gasteiger partial charge in [0.25, 0.3) is 0 Å². The Hall–Kier alpha value is -3.43. The average Bonchev–Trinajstić information content (AvgIpc) is 3.26. The molecule has 10 heteroatoms. The number of aromatic hydroxyl groups is 1. The zero-order chi connectivity index (χ0) is 27.9. The summed E-state index contributed by atoms with van der Waals surface area (Å²) in [4.78, 5) is 25.5. The van der Waals surface area contributed by atoms with Crippen molar-refractivity contribution in [2.45, 2.75) is 51.7 Å². The third-order valence-corrected chi connectivity index (χ3v) is 7.79. The number of carboxylic acids is 1. The van der Waals surface area contributed by atoms with Crippen LogP contribution >= 0.6 is 11.6 Å². The van der Waals surface area contributed by atoms with E-state index in [9.17, 15) is 19.8 Å². The molecule has 1 aromatic heterocycles. The number of aliphatic carboxylic acids is 1. The van der Waals surface area contributed by atoms with E-state index in [0.717, 1.165) is 41.3 Å². The van der Waals surface area contributed by atoms with Crippen molar-refractivity contribution in [3.05, 3.63) is 75.4 Å². The van der Waals surface area contributed by atoms with Crippen LogP contribution in [-0.2, 0) is 17.9 Å². The lowest BCUT2D eigenvalue weighted by molar-refractivity contribution is -0.143. The fourth-order valence-corrected chi connectivity index (χ4v) is 5.30. The third-order valence-electron chi connectivity index (χ3n) is 7.54. The van der Waals surface area contributed by atoms with Crippen molar-refractivity contribution in [2.24, 2.45) is 11.8 Å². The Morgan fingerprint density at radius 2 is 1.87 bits per heavy atom. The number of hydrogen-bond donors (Lipinski definition) is 2. The monoisotopic (exact) mass is 558 g/mol. The van der Waals surface area contributed by atoms with E-state index >= 15 is 0 Å². The second-order valence-electron chi connectivity index (χ2n) is 10.1. The molecule has 2 aromatic carbocycles. The minimum Gasteiger partial charge on any atom is -0.493 e. The van der Waals surface area contributed by atoms with Crippen molar-refractivity contribution < 1.29 is 28.9 Å². The Morgan fingerprint density at radius 3 is 2.49 bits per heavy atom. The van der Waals surface area contributed by atoms with Gasteiger partial charge in [-0.25, -0.2) is 9.36 Å². The first-order valence-corrected chi connectivity index (χ1v) is 13.5. The molecule has 0 saturated heterocycles. The summed E-state index contributed by atoms with van der Waals surface area (Å²) in [6, 6.07) is 13.8. The summed E-state index contributed by atoms with van der Waals surface area (Å²) in [6.07, 6.45) is 4.21. The lowest BCUT2D eigenvalue weighted by atomic mass is 9.81. The molecule has 1 aliphatic carbocycles. The fraction of sp³-hybridized carbons (Fsp3) is 0.448. The first kappa shape index (κ1) is 28.6. The number of aromatic nitrogens is 1. The minimum absolute atomic E-state index is 0.113. The number of benzene rings is 2. The number of ether oxygens (including phenoxy) is 2. The van der Waals surface area contributed by atoms with E-state index in [1.807, 2.05) is 42.5 Å². The Labute approximate surface area is 232 Å². The molecule has 2 N–H and O–H groups in total. The molecule has 0 amide bonds. The smallest absolute Gasteiger partial charge is 0.421 e. The average molecular weight is 559 g/mol. The quantitative estimate of drug-likeness (QED) is 0.306. The molecule has 210 valence electrons. The van der Waals surface area contributed by atoms with Crippen molar-refractivity contribution in [3.8, 4) is 17.4 Å². The maximum Gasteiger partial charge on any atom is 0.421 e. The molecule has 0 radical (unpaired) electrons. The number of carboxylic acid groups (broad SMARTS) is 1. The molecule has 0 bridgehead atoms. The summed E-state index contributed by atoms with van der Waals surface area (Å²) in [5.41, 5.74) is 2.20. The third kappa shape index (κ3) is 7.36. The van der Waals surface area contributed by atoms with Gasteiger partial charge in [0.1, 0.15) is 6.61 Å². The highest BCUT2D eigenvalue weighted by molar-refractivity contribution is 6.30. The lowest BCUT2D eigenvalue weighted by Crippen LogP contribution is -2.34. The molecule has 3 aromatic rings. The highest BCUT2D eigenvalue weighted by Gasteiger charge is 2.28. The lowest BCUT2D eigenvalue weighted by Gasteiger charge is -2.35. The van der Waals surface area contributed by atoms with Crippen LogP contribution in [0.3, 0.4) is 0 Å². The maximum absolute atomic E-state index is 11.6. The van der Waals surface area contributed by atoms with Gasteiger partial charge in [-0.05, 0) is 73.9 Å². The Balaban J connectivity index is 1.47. The number of rotatable bonds is 12. The maximum atomic E-state index is 11.6. The summed E-state index contributed by atoms with van der Waals surface area (Å²) in [7, 11) is 1.58. The van der Waals surface area contributed by atoms with Gasteiger partial charge in [0, 0.05) is 24.2 Å². The molecule has 4 rings (SSSR count). The highest BCUT2D eigenvalue weighted by atomic mass is 35.5. The van der Waals surface area contributed by atoms with Gasteiger partial charge >= 0.3 is 11.7 Å². The fourth-order valence-electron chi connectivity index (χ4n) is 5.18. The Kier molecular flexibility index (Phi) is 9.59. The first-order chi connectivity index (χ1) is 18.7. The molecule has 0 aliphatic heterocycles. The molecular formula is C29H35ClN2O7. The molecule has 1 unspecified atom stereocenters. The van der Waals surface area contributed by atoms with Crippen molar-refractivity contribution in [2.75, 3.05) is 20.3 Å². The van der Waals surface area contributed by atoms with Gasteiger partial charge in [-0.15, -0.1) is 0 Å². The van der Waals surface area contributed by atoms with Crippen molar-refractivity contribution in [3.63, 3.8) is 0 Å². The van der Waals surface area contributed by atoms with Gasteiger partial charge in [0.15, 0.2) is 17.8 Å². The molecule has 1 aliphatic rings. The van der Waals surface area contributed by atoms with Crippen molar-refractivity contribution in [1.82, 2.24) is 9.47 Å². The van der Waals surface area contributed by atoms with E-state index in [0.29, 0.717) is 41.8 Å². The van der Waals surface area contributed by atoms with Crippen LogP contribution in [0.1, 0.15) is 49.8 Å². The molecule has 1 saturated carbocycles. The van der Waals surface area contributed by atoms with E-state index in [-0.39, 0.29) is 31.0 Å². The van der Waals surface area contributed by atoms with Crippen LogP contribution in [0.5, 0.6) is 17.4 Å². The molecule has 1 heterocycles. The molecule has 9 nitrogen and oxygen atoms in total. The number of oxazole rings is 1. The van der Waals surface area contributed by atoms with E-state index in [2.05, 4.69) is 16.2 Å². The van der Waals surface area contributed by atoms with Crippen LogP contribution in [0.2, 0.25) is 5.02 Å². The van der Waals surface area contributed by atoms with Crippen molar-refractivity contribution in [1.29, 1.82) is 0 Å². The van der Waals surface area contributed by atoms with Crippen molar-refractivity contribution >= 4 is 17.6 Å². The normalized spacial score (nSPS) is 18.2. The zero-order valence-electron chi connectivity index (χ0n) is 22.2. The number of carbonyl (C=O) groups is 1. The topological polar surface area (TPSA) is 114 Å². The second kappa shape index (κ2) is 13.1. The standard InChI is InChI=1S/C29H35ClN2O7/c1-19(22-8-10-24(30)11-9-22)31(16-20-3-6-23(7-4-20)28(34)35)17-21-5-12-25(26(15-21)37-2)38-14-13-32-27(33)18-39-29(32)36/h5,8-12,15,18-20,23,33H,3-4,6-7,13-14,16-17H2,1-2H3,(H,34,35). The number of hydrogen-bond acceptors (Lipinski definition) is 7. The Bertz CT molecular complexity index is 1300. The van der Waals surface area contributed by atoms with E-state index in [1.165, 1.54) is 0 Å². The summed E-state index contributed by atoms with van der Waals surface area (Å²) >= 11 is 6.13. The highest BCUT2D eigenvalue weighted by Crippen LogP contribution is 2.34. The van der Waals surface area contributed by atoms with Crippen LogP contribution < -0.4 is 15.2 Å². The predicted molar refractivity (Wildman–Crippen MR) is 146 cm³/mol. The second-order valence-corrected chi connectivity index (χ2v) is 10.5. The Morgan fingerprint density at radius 1 is 1.15 bits per heavy atom. The molecule has 1 fully saturated rings. The van der Waals surface area contributed by atoms with Gasteiger partial charge in [0.2, 0.25) is 5.88 Å². The molecular weight excluding hydrogens is 524 g/mol. The van der Waals surface area contributed by atoms with Crippen LogP contribution in [0, 0.1) is 11.8 Å². The van der Waals surface area contributed by atoms with Gasteiger partial charge in [0.05, 0.1) is 19.6 Å². The van der Waals surface area contributed by atoms with E-state index in [4.69, 9.17) is 21.1 Å².